The van der Waals surface area contributed by atoms with E-state index in [4.69, 9.17) is 5.73 Å². The van der Waals surface area contributed by atoms with Crippen molar-refractivity contribution in [2.45, 2.75) is 44.6 Å². The molecule has 0 atom stereocenters. The molecule has 96 valence electrons. The fraction of sp³-hybridized carbons (Fsp3) is 0.786. The van der Waals surface area contributed by atoms with Crippen molar-refractivity contribution >= 4 is 0 Å². The molecule has 0 amide bonds. The molecule has 1 heterocycles. The van der Waals surface area contributed by atoms with E-state index < -0.39 is 0 Å². The molecule has 4 fully saturated rings. The first-order valence-corrected chi connectivity index (χ1v) is 7.22. The SMILES string of the molecule is NCc1nncc(C2C3CC4CC(C3)CC2C4)n1. The molecule has 0 unspecified atom stereocenters. The van der Waals surface area contributed by atoms with Gasteiger partial charge in [-0.1, -0.05) is 0 Å². The number of hydrogen-bond acceptors (Lipinski definition) is 4. The van der Waals surface area contributed by atoms with Gasteiger partial charge in [0.25, 0.3) is 0 Å². The van der Waals surface area contributed by atoms with Gasteiger partial charge in [-0.2, -0.15) is 5.10 Å². The van der Waals surface area contributed by atoms with Crippen LogP contribution >= 0.6 is 0 Å². The summed E-state index contributed by atoms with van der Waals surface area (Å²) in [7, 11) is 0. The third kappa shape index (κ3) is 1.58. The Morgan fingerprint density at radius 3 is 2.33 bits per heavy atom. The predicted molar refractivity (Wildman–Crippen MR) is 67.5 cm³/mol. The summed E-state index contributed by atoms with van der Waals surface area (Å²) in [5.74, 6) is 5.05. The van der Waals surface area contributed by atoms with Crippen molar-refractivity contribution in [2.24, 2.45) is 29.4 Å². The van der Waals surface area contributed by atoms with Crippen LogP contribution in [0, 0.1) is 23.7 Å². The molecule has 18 heavy (non-hydrogen) atoms. The quantitative estimate of drug-likeness (QED) is 0.862. The van der Waals surface area contributed by atoms with Crippen LogP contribution in [0.1, 0.15) is 49.5 Å². The maximum atomic E-state index is 5.63. The topological polar surface area (TPSA) is 64.7 Å². The fourth-order valence-electron chi connectivity index (χ4n) is 5.01. The molecule has 2 N–H and O–H groups in total. The molecule has 1 aromatic heterocycles. The predicted octanol–water partition coefficient (Wildman–Crippen LogP) is 1.87. The van der Waals surface area contributed by atoms with Crippen LogP contribution in [0.15, 0.2) is 6.20 Å². The maximum absolute atomic E-state index is 5.63. The fourth-order valence-corrected chi connectivity index (χ4v) is 5.01. The minimum absolute atomic E-state index is 0.397. The average molecular weight is 244 g/mol. The smallest absolute Gasteiger partial charge is 0.164 e. The lowest BCUT2D eigenvalue weighted by Gasteiger charge is -2.54. The van der Waals surface area contributed by atoms with Gasteiger partial charge in [0.2, 0.25) is 0 Å². The molecule has 5 rings (SSSR count). The average Bonchev–Trinajstić information content (AvgIpc) is 2.38. The van der Waals surface area contributed by atoms with Gasteiger partial charge in [0.15, 0.2) is 5.82 Å². The molecule has 4 nitrogen and oxygen atoms in total. The van der Waals surface area contributed by atoms with Gasteiger partial charge in [0, 0.05) is 5.92 Å². The third-order valence-corrected chi connectivity index (χ3v) is 5.37. The van der Waals surface area contributed by atoms with Gasteiger partial charge in [0.05, 0.1) is 18.4 Å². The van der Waals surface area contributed by atoms with Crippen LogP contribution in [0.4, 0.5) is 0 Å². The second-order valence-electron chi connectivity index (χ2n) is 6.46. The van der Waals surface area contributed by atoms with Crippen molar-refractivity contribution in [3.63, 3.8) is 0 Å². The van der Waals surface area contributed by atoms with Crippen LogP contribution in [0.2, 0.25) is 0 Å². The number of nitrogens with two attached hydrogens (primary N) is 1. The number of hydrogen-bond donors (Lipinski definition) is 1. The van der Waals surface area contributed by atoms with Gasteiger partial charge in [-0.15, -0.1) is 5.10 Å². The van der Waals surface area contributed by atoms with Crippen LogP contribution in [0.25, 0.3) is 0 Å². The van der Waals surface area contributed by atoms with Crippen LogP contribution in [-0.4, -0.2) is 15.2 Å². The van der Waals surface area contributed by atoms with Crippen molar-refractivity contribution in [1.29, 1.82) is 0 Å². The number of nitrogens with zero attached hydrogens (tertiary/aromatic N) is 3. The van der Waals surface area contributed by atoms with Gasteiger partial charge in [0.1, 0.15) is 0 Å². The molecule has 4 bridgehead atoms. The van der Waals surface area contributed by atoms with Crippen LogP contribution in [0.3, 0.4) is 0 Å². The van der Waals surface area contributed by atoms with Crippen LogP contribution in [-0.2, 0) is 6.54 Å². The molecular weight excluding hydrogens is 224 g/mol. The van der Waals surface area contributed by atoms with E-state index in [1.165, 1.54) is 37.8 Å². The lowest BCUT2D eigenvalue weighted by atomic mass is 9.51. The lowest BCUT2D eigenvalue weighted by Crippen LogP contribution is -2.44. The van der Waals surface area contributed by atoms with Gasteiger partial charge in [-0.3, -0.25) is 0 Å². The molecule has 0 aromatic carbocycles. The lowest BCUT2D eigenvalue weighted by molar-refractivity contribution is -0.00441. The Kier molecular flexibility index (Phi) is 2.40. The first-order chi connectivity index (χ1) is 8.83. The minimum Gasteiger partial charge on any atom is -0.324 e. The maximum Gasteiger partial charge on any atom is 0.164 e. The summed E-state index contributed by atoms with van der Waals surface area (Å²) in [6.07, 6.45) is 9.04. The summed E-state index contributed by atoms with van der Waals surface area (Å²) in [5, 5.41) is 8.08. The van der Waals surface area contributed by atoms with Crippen molar-refractivity contribution in [1.82, 2.24) is 15.2 Å². The van der Waals surface area contributed by atoms with E-state index in [1.807, 2.05) is 6.20 Å². The Bertz CT molecular complexity index is 431. The molecule has 4 heteroatoms. The summed E-state index contributed by atoms with van der Waals surface area (Å²) >= 11 is 0. The first-order valence-electron chi connectivity index (χ1n) is 7.22. The van der Waals surface area contributed by atoms with E-state index in [2.05, 4.69) is 15.2 Å². The molecule has 4 aliphatic carbocycles. The second-order valence-corrected chi connectivity index (χ2v) is 6.46. The van der Waals surface area contributed by atoms with Gasteiger partial charge >= 0.3 is 0 Å². The Balaban J connectivity index is 1.68. The van der Waals surface area contributed by atoms with Gasteiger partial charge in [-0.05, 0) is 55.8 Å². The van der Waals surface area contributed by atoms with E-state index in [-0.39, 0.29) is 0 Å². The largest absolute Gasteiger partial charge is 0.324 e. The highest BCUT2D eigenvalue weighted by atomic mass is 15.1. The highest BCUT2D eigenvalue weighted by molar-refractivity contribution is 5.14. The standard InChI is InChI=1S/C14H20N4/c15-6-13-17-12(7-16-18-13)14-10-2-8-1-9(4-10)5-11(14)3-8/h7-11,14H,1-6,15H2. The normalized spacial score (nSPS) is 41.3. The van der Waals surface area contributed by atoms with E-state index in [9.17, 15) is 0 Å². The Hall–Kier alpha value is -1.03. The van der Waals surface area contributed by atoms with Crippen molar-refractivity contribution in [3.8, 4) is 0 Å². The molecule has 4 saturated carbocycles. The monoisotopic (exact) mass is 244 g/mol. The second kappa shape index (κ2) is 3.98. The Morgan fingerprint density at radius 2 is 1.72 bits per heavy atom. The zero-order valence-electron chi connectivity index (χ0n) is 10.6. The number of aromatic nitrogens is 3. The summed E-state index contributed by atoms with van der Waals surface area (Å²) in [4.78, 5) is 4.64. The molecular formula is C14H20N4. The number of rotatable bonds is 2. The van der Waals surface area contributed by atoms with Crippen molar-refractivity contribution < 1.29 is 0 Å². The van der Waals surface area contributed by atoms with Crippen LogP contribution in [0.5, 0.6) is 0 Å². The van der Waals surface area contributed by atoms with Gasteiger partial charge < -0.3 is 5.73 Å². The summed E-state index contributed by atoms with van der Waals surface area (Å²) in [6, 6.07) is 0. The Morgan fingerprint density at radius 1 is 1.06 bits per heavy atom. The van der Waals surface area contributed by atoms with E-state index in [0.717, 1.165) is 23.7 Å². The zero-order valence-corrected chi connectivity index (χ0v) is 10.6. The highest BCUT2D eigenvalue weighted by Gasteiger charge is 2.49. The minimum atomic E-state index is 0.397. The van der Waals surface area contributed by atoms with Gasteiger partial charge in [-0.25, -0.2) is 4.98 Å². The molecule has 0 saturated heterocycles. The van der Waals surface area contributed by atoms with E-state index >= 15 is 0 Å². The third-order valence-electron chi connectivity index (χ3n) is 5.37. The zero-order chi connectivity index (χ0) is 12.1. The Labute approximate surface area is 107 Å². The summed E-state index contributed by atoms with van der Waals surface area (Å²) < 4.78 is 0. The molecule has 1 aromatic rings. The molecule has 4 aliphatic rings. The van der Waals surface area contributed by atoms with Crippen LogP contribution < -0.4 is 5.73 Å². The van der Waals surface area contributed by atoms with Crippen molar-refractivity contribution in [2.75, 3.05) is 0 Å². The van der Waals surface area contributed by atoms with E-state index in [0.29, 0.717) is 18.3 Å². The molecule has 0 aliphatic heterocycles. The highest BCUT2D eigenvalue weighted by Crippen LogP contribution is 2.59. The van der Waals surface area contributed by atoms with E-state index in [1.54, 1.807) is 0 Å². The molecule has 0 spiro atoms. The van der Waals surface area contributed by atoms with Crippen molar-refractivity contribution in [3.05, 3.63) is 17.7 Å². The first kappa shape index (κ1) is 10.9. The molecule has 0 radical (unpaired) electrons. The summed E-state index contributed by atoms with van der Waals surface area (Å²) in [5.41, 5.74) is 6.79. The summed E-state index contributed by atoms with van der Waals surface area (Å²) in [6.45, 7) is 0.397.